The maximum atomic E-state index is 3.03. The Morgan fingerprint density at radius 3 is 2.54 bits per heavy atom. The van der Waals surface area contributed by atoms with Crippen LogP contribution in [-0.2, 0) is 6.42 Å². The highest BCUT2D eigenvalue weighted by Crippen LogP contribution is 2.02. The molecule has 0 unspecified atom stereocenters. The normalized spacial score (nSPS) is 10.8. The lowest BCUT2D eigenvalue weighted by Crippen LogP contribution is -1.81. The van der Waals surface area contributed by atoms with Gasteiger partial charge in [-0.05, 0) is 30.9 Å². The van der Waals surface area contributed by atoms with Gasteiger partial charge in [0, 0.05) is 0 Å². The molecule has 0 heteroatoms. The van der Waals surface area contributed by atoms with Crippen molar-refractivity contribution in [2.75, 3.05) is 0 Å². The van der Waals surface area contributed by atoms with E-state index in [1.54, 1.807) is 0 Å². The van der Waals surface area contributed by atoms with Crippen molar-refractivity contribution in [1.82, 2.24) is 0 Å². The molecule has 0 amide bonds. The van der Waals surface area contributed by atoms with Crippen molar-refractivity contribution in [2.24, 2.45) is 0 Å². The van der Waals surface area contributed by atoms with Gasteiger partial charge in [0.15, 0.2) is 0 Å². The van der Waals surface area contributed by atoms with Crippen LogP contribution >= 0.6 is 0 Å². The summed E-state index contributed by atoms with van der Waals surface area (Å²) < 4.78 is 0. The third-order valence-corrected chi connectivity index (χ3v) is 2.01. The number of rotatable bonds is 5. The van der Waals surface area contributed by atoms with E-state index in [0.29, 0.717) is 0 Å². The molecule has 1 aromatic rings. The van der Waals surface area contributed by atoms with E-state index < -0.39 is 0 Å². The van der Waals surface area contributed by atoms with Crippen molar-refractivity contribution < 1.29 is 0 Å². The maximum Gasteiger partial charge on any atom is -0.0184 e. The largest absolute Gasteiger partial charge is 0.0885 e. The van der Waals surface area contributed by atoms with E-state index >= 15 is 0 Å². The minimum Gasteiger partial charge on any atom is -0.0885 e. The topological polar surface area (TPSA) is 0 Å². The van der Waals surface area contributed by atoms with E-state index in [9.17, 15) is 0 Å². The highest BCUT2D eigenvalue weighted by Gasteiger charge is 1.87. The van der Waals surface area contributed by atoms with Gasteiger partial charge in [-0.3, -0.25) is 0 Å². The van der Waals surface area contributed by atoms with Crippen LogP contribution in [0, 0.1) is 6.07 Å². The average Bonchev–Trinajstić information content (AvgIpc) is 2.19. The van der Waals surface area contributed by atoms with Gasteiger partial charge in [0.2, 0.25) is 0 Å². The predicted molar refractivity (Wildman–Crippen MR) is 57.6 cm³/mol. The molecule has 0 heterocycles. The number of allylic oxidation sites excluding steroid dienone is 2. The Bertz CT molecular complexity index is 233. The third-order valence-electron chi connectivity index (χ3n) is 2.01. The van der Waals surface area contributed by atoms with Gasteiger partial charge in [0.1, 0.15) is 0 Å². The van der Waals surface area contributed by atoms with E-state index in [1.807, 2.05) is 12.1 Å². The second kappa shape index (κ2) is 6.47. The van der Waals surface area contributed by atoms with Gasteiger partial charge in [0.05, 0.1) is 0 Å². The van der Waals surface area contributed by atoms with Gasteiger partial charge in [-0.2, -0.15) is 0 Å². The second-order valence-corrected chi connectivity index (χ2v) is 3.21. The van der Waals surface area contributed by atoms with Crippen LogP contribution in [0.15, 0.2) is 36.4 Å². The number of aryl methyl sites for hydroxylation is 1. The van der Waals surface area contributed by atoms with Crippen molar-refractivity contribution in [3.63, 3.8) is 0 Å². The zero-order valence-corrected chi connectivity index (χ0v) is 8.29. The summed E-state index contributed by atoms with van der Waals surface area (Å²) in [6.07, 6.45) is 9.31. The highest BCUT2D eigenvalue weighted by atomic mass is 13.9. The van der Waals surface area contributed by atoms with Crippen LogP contribution in [0.2, 0.25) is 0 Å². The highest BCUT2D eigenvalue weighted by molar-refractivity contribution is 5.14. The molecule has 0 N–H and O–H groups in total. The van der Waals surface area contributed by atoms with Crippen LogP contribution in [-0.4, -0.2) is 0 Å². The summed E-state index contributed by atoms with van der Waals surface area (Å²) in [5.74, 6) is 0. The first kappa shape index (κ1) is 10.0. The fourth-order valence-corrected chi connectivity index (χ4v) is 1.24. The molecule has 1 radical (unpaired) electrons. The molecule has 0 aromatic heterocycles. The summed E-state index contributed by atoms with van der Waals surface area (Å²) in [5.41, 5.74) is 1.40. The van der Waals surface area contributed by atoms with Crippen LogP contribution < -0.4 is 0 Å². The Hall–Kier alpha value is -1.04. The van der Waals surface area contributed by atoms with Gasteiger partial charge in [-0.1, -0.05) is 49.8 Å². The van der Waals surface area contributed by atoms with Crippen LogP contribution in [0.1, 0.15) is 31.7 Å². The number of hydrogen-bond donors (Lipinski definition) is 0. The molecule has 0 aliphatic carbocycles. The number of hydrogen-bond acceptors (Lipinski definition) is 0. The summed E-state index contributed by atoms with van der Waals surface area (Å²) in [6.45, 7) is 2.21. The van der Waals surface area contributed by atoms with Crippen LogP contribution in [0.5, 0.6) is 0 Å². The molecule has 1 aromatic carbocycles. The van der Waals surface area contributed by atoms with Gasteiger partial charge >= 0.3 is 0 Å². The van der Waals surface area contributed by atoms with Crippen molar-refractivity contribution in [1.29, 1.82) is 0 Å². The zero-order valence-electron chi connectivity index (χ0n) is 8.29. The standard InChI is InChI=1S/C13H17/c1-2-3-4-5-7-10-13-11-8-6-9-12-13/h4-5,8-9,11-12H,2-3,7,10H2,1H3. The molecule has 0 saturated carbocycles. The summed E-state index contributed by atoms with van der Waals surface area (Å²) >= 11 is 0. The van der Waals surface area contributed by atoms with Crippen molar-refractivity contribution >= 4 is 0 Å². The molecular formula is C13H17. The van der Waals surface area contributed by atoms with Crippen LogP contribution in [0.25, 0.3) is 0 Å². The van der Waals surface area contributed by atoms with E-state index in [0.717, 1.165) is 12.8 Å². The van der Waals surface area contributed by atoms with Gasteiger partial charge in [-0.25, -0.2) is 0 Å². The van der Waals surface area contributed by atoms with E-state index in [2.05, 4.69) is 37.3 Å². The summed E-state index contributed by atoms with van der Waals surface area (Å²) in [6, 6.07) is 11.2. The minimum absolute atomic E-state index is 1.15. The number of unbranched alkanes of at least 4 members (excludes halogenated alkanes) is 1. The van der Waals surface area contributed by atoms with Gasteiger partial charge < -0.3 is 0 Å². The smallest absolute Gasteiger partial charge is 0.0184 e. The maximum absolute atomic E-state index is 3.03. The first-order valence-corrected chi connectivity index (χ1v) is 5.03. The SMILES string of the molecule is CCCC=CCCc1cc[c]cc1. The molecule has 0 aliphatic heterocycles. The molecule has 0 fully saturated rings. The van der Waals surface area contributed by atoms with Crippen molar-refractivity contribution in [2.45, 2.75) is 32.6 Å². The monoisotopic (exact) mass is 173 g/mol. The second-order valence-electron chi connectivity index (χ2n) is 3.21. The summed E-state index contributed by atoms with van der Waals surface area (Å²) in [5, 5.41) is 0. The molecule has 13 heavy (non-hydrogen) atoms. The fourth-order valence-electron chi connectivity index (χ4n) is 1.24. The van der Waals surface area contributed by atoms with Crippen molar-refractivity contribution in [3.05, 3.63) is 48.0 Å². The molecular weight excluding hydrogens is 156 g/mol. The fraction of sp³-hybridized carbons (Fsp3) is 0.385. The lowest BCUT2D eigenvalue weighted by atomic mass is 10.1. The predicted octanol–water partition coefficient (Wildman–Crippen LogP) is 3.78. The summed E-state index contributed by atoms with van der Waals surface area (Å²) in [7, 11) is 0. The Balaban J connectivity index is 2.20. The zero-order chi connectivity index (χ0) is 9.36. The molecule has 69 valence electrons. The van der Waals surface area contributed by atoms with E-state index in [1.165, 1.54) is 18.4 Å². The Morgan fingerprint density at radius 2 is 1.85 bits per heavy atom. The van der Waals surface area contributed by atoms with Gasteiger partial charge in [-0.15, -0.1) is 0 Å². The van der Waals surface area contributed by atoms with Crippen LogP contribution in [0.4, 0.5) is 0 Å². The summed E-state index contributed by atoms with van der Waals surface area (Å²) in [4.78, 5) is 0. The lowest BCUT2D eigenvalue weighted by molar-refractivity contribution is 0.936. The first-order valence-electron chi connectivity index (χ1n) is 5.03. The van der Waals surface area contributed by atoms with E-state index in [4.69, 9.17) is 0 Å². The molecule has 0 aliphatic rings. The van der Waals surface area contributed by atoms with Gasteiger partial charge in [0.25, 0.3) is 0 Å². The molecule has 0 nitrogen and oxygen atoms in total. The van der Waals surface area contributed by atoms with Crippen LogP contribution in [0.3, 0.4) is 0 Å². The molecule has 1 rings (SSSR count). The quantitative estimate of drug-likeness (QED) is 0.594. The molecule has 0 spiro atoms. The Morgan fingerprint density at radius 1 is 1.15 bits per heavy atom. The third kappa shape index (κ3) is 4.51. The molecule has 0 saturated heterocycles. The molecule has 0 atom stereocenters. The average molecular weight is 173 g/mol. The molecule has 0 bridgehead atoms. The Kier molecular flexibility index (Phi) is 5.00. The number of benzene rings is 1. The van der Waals surface area contributed by atoms with E-state index in [-0.39, 0.29) is 0 Å². The lowest BCUT2D eigenvalue weighted by Gasteiger charge is -1.95. The Labute approximate surface area is 81.3 Å². The first-order chi connectivity index (χ1) is 6.43. The minimum atomic E-state index is 1.15. The van der Waals surface area contributed by atoms with Crippen molar-refractivity contribution in [3.8, 4) is 0 Å².